The lowest BCUT2D eigenvalue weighted by atomic mass is 10.1. The summed E-state index contributed by atoms with van der Waals surface area (Å²) >= 11 is 0. The molecule has 0 amide bonds. The Hall–Kier alpha value is -1.07. The molecule has 0 spiro atoms. The van der Waals surface area contributed by atoms with E-state index in [1.54, 1.807) is 12.2 Å². The minimum atomic E-state index is 0.806. The molecule has 0 N–H and O–H groups in total. The third-order valence-electron chi connectivity index (χ3n) is 1.62. The average molecular weight is 178 g/mol. The molecule has 1 aromatic rings. The molecule has 0 bridgehead atoms. The predicted molar refractivity (Wildman–Crippen MR) is 57.0 cm³/mol. The van der Waals surface area contributed by atoms with E-state index < -0.39 is 0 Å². The maximum Gasteiger partial charge on any atom is 0.129 e. The summed E-state index contributed by atoms with van der Waals surface area (Å²) in [6.07, 6.45) is 3.55. The van der Waals surface area contributed by atoms with E-state index >= 15 is 0 Å². The molecule has 0 aromatic heterocycles. The molecule has 1 aromatic carbocycles. The lowest BCUT2D eigenvalue weighted by Gasteiger charge is -2.04. The summed E-state index contributed by atoms with van der Waals surface area (Å²) in [4.78, 5) is 0. The van der Waals surface area contributed by atoms with Crippen LogP contribution in [0.5, 0.6) is 5.75 Å². The highest BCUT2D eigenvalue weighted by Gasteiger charge is 1.98. The zero-order valence-corrected chi connectivity index (χ0v) is 7.94. The third kappa shape index (κ3) is 1.75. The van der Waals surface area contributed by atoms with E-state index in [4.69, 9.17) is 4.52 Å². The van der Waals surface area contributed by atoms with E-state index in [9.17, 15) is 0 Å². The van der Waals surface area contributed by atoms with Gasteiger partial charge in [-0.15, -0.1) is 0 Å². The fourth-order valence-electron chi connectivity index (χ4n) is 0.961. The Labute approximate surface area is 75.0 Å². The van der Waals surface area contributed by atoms with Gasteiger partial charge in [-0.3, -0.25) is 0 Å². The molecular weight excluding hydrogens is 167 g/mol. The van der Waals surface area contributed by atoms with Gasteiger partial charge < -0.3 is 4.52 Å². The van der Waals surface area contributed by atoms with Gasteiger partial charge in [0.1, 0.15) is 5.75 Å². The first kappa shape index (κ1) is 9.02. The van der Waals surface area contributed by atoms with Gasteiger partial charge in [-0.05, 0) is 17.7 Å². The van der Waals surface area contributed by atoms with Crippen LogP contribution in [-0.2, 0) is 0 Å². The molecule has 0 saturated heterocycles. The van der Waals surface area contributed by atoms with Crippen LogP contribution in [0, 0.1) is 0 Å². The van der Waals surface area contributed by atoms with Crippen molar-refractivity contribution in [2.75, 3.05) is 0 Å². The van der Waals surface area contributed by atoms with Crippen molar-refractivity contribution in [1.29, 1.82) is 0 Å². The number of benzene rings is 1. The van der Waals surface area contributed by atoms with Crippen molar-refractivity contribution in [3.8, 4) is 5.75 Å². The van der Waals surface area contributed by atoms with Crippen molar-refractivity contribution in [2.24, 2.45) is 0 Å². The fraction of sp³-hybridized carbons (Fsp3) is 0. The standard InChI is InChI=1S/C10H11OP/c1-3-8-5-6-10(11-12)9(4-2)7-8/h3-7H,1-2,12H2. The third-order valence-corrected chi connectivity index (χ3v) is 1.87. The van der Waals surface area contributed by atoms with Gasteiger partial charge in [-0.25, -0.2) is 0 Å². The first-order chi connectivity index (χ1) is 5.81. The Balaban J connectivity index is 3.18. The Morgan fingerprint density at radius 1 is 1.25 bits per heavy atom. The van der Waals surface area contributed by atoms with Gasteiger partial charge in [0.15, 0.2) is 0 Å². The topological polar surface area (TPSA) is 9.23 Å². The second-order valence-electron chi connectivity index (χ2n) is 2.32. The van der Waals surface area contributed by atoms with Crippen molar-refractivity contribution >= 4 is 21.6 Å². The number of hydrogen-bond acceptors (Lipinski definition) is 1. The van der Waals surface area contributed by atoms with E-state index in [0.29, 0.717) is 0 Å². The van der Waals surface area contributed by atoms with Gasteiger partial charge in [0.25, 0.3) is 0 Å². The SMILES string of the molecule is C=Cc1ccc(OP)c(C=C)c1. The quantitative estimate of drug-likeness (QED) is 0.646. The smallest absolute Gasteiger partial charge is 0.129 e. The van der Waals surface area contributed by atoms with E-state index in [1.807, 2.05) is 18.2 Å². The van der Waals surface area contributed by atoms with Crippen molar-refractivity contribution in [3.05, 3.63) is 42.5 Å². The Morgan fingerprint density at radius 3 is 2.50 bits per heavy atom. The second kappa shape index (κ2) is 4.08. The molecule has 0 aliphatic rings. The van der Waals surface area contributed by atoms with Gasteiger partial charge in [0, 0.05) is 5.56 Å². The van der Waals surface area contributed by atoms with E-state index in [0.717, 1.165) is 16.9 Å². The fourth-order valence-corrected chi connectivity index (χ4v) is 1.18. The molecular formula is C10H11OP. The first-order valence-corrected chi connectivity index (χ1v) is 4.04. The van der Waals surface area contributed by atoms with Crippen LogP contribution in [-0.4, -0.2) is 0 Å². The minimum absolute atomic E-state index is 0.806. The molecule has 0 fully saturated rings. The zero-order valence-electron chi connectivity index (χ0n) is 6.79. The molecule has 1 nitrogen and oxygen atoms in total. The summed E-state index contributed by atoms with van der Waals surface area (Å²) in [5, 5.41) is 0. The van der Waals surface area contributed by atoms with Crippen LogP contribution >= 0.6 is 9.47 Å². The maximum absolute atomic E-state index is 5.05. The van der Waals surface area contributed by atoms with E-state index in [-0.39, 0.29) is 0 Å². The Kier molecular flexibility index (Phi) is 3.07. The van der Waals surface area contributed by atoms with Crippen molar-refractivity contribution in [1.82, 2.24) is 0 Å². The monoisotopic (exact) mass is 178 g/mol. The molecule has 2 heteroatoms. The largest absolute Gasteiger partial charge is 0.480 e. The first-order valence-electron chi connectivity index (χ1n) is 3.57. The van der Waals surface area contributed by atoms with Crippen LogP contribution in [0.3, 0.4) is 0 Å². The van der Waals surface area contributed by atoms with Gasteiger partial charge in [0.05, 0.1) is 9.47 Å². The molecule has 0 saturated carbocycles. The average Bonchev–Trinajstić information content (AvgIpc) is 2.16. The van der Waals surface area contributed by atoms with Gasteiger partial charge in [0.2, 0.25) is 0 Å². The summed E-state index contributed by atoms with van der Waals surface area (Å²) in [6.45, 7) is 7.37. The lowest BCUT2D eigenvalue weighted by Crippen LogP contribution is -1.81. The maximum atomic E-state index is 5.05. The molecule has 12 heavy (non-hydrogen) atoms. The Bertz CT molecular complexity index is 305. The predicted octanol–water partition coefficient (Wildman–Crippen LogP) is 3.14. The normalized spacial score (nSPS) is 9.08. The molecule has 0 aliphatic heterocycles. The minimum Gasteiger partial charge on any atom is -0.480 e. The van der Waals surface area contributed by atoms with Crippen LogP contribution in [0.4, 0.5) is 0 Å². The molecule has 62 valence electrons. The highest BCUT2D eigenvalue weighted by Crippen LogP contribution is 2.23. The number of rotatable bonds is 3. The zero-order chi connectivity index (χ0) is 8.97. The van der Waals surface area contributed by atoms with Gasteiger partial charge in [-0.2, -0.15) is 0 Å². The molecule has 1 unspecified atom stereocenters. The summed E-state index contributed by atoms with van der Waals surface area (Å²) < 4.78 is 5.05. The van der Waals surface area contributed by atoms with E-state index in [2.05, 4.69) is 22.6 Å². The lowest BCUT2D eigenvalue weighted by molar-refractivity contribution is 0.644. The van der Waals surface area contributed by atoms with Crippen LogP contribution in [0.25, 0.3) is 12.2 Å². The summed E-state index contributed by atoms with van der Waals surface area (Å²) in [5.41, 5.74) is 2.04. The van der Waals surface area contributed by atoms with Crippen LogP contribution in [0.1, 0.15) is 11.1 Å². The highest BCUT2D eigenvalue weighted by atomic mass is 31.0. The summed E-state index contributed by atoms with van der Waals surface area (Å²) in [5.74, 6) is 0.806. The summed E-state index contributed by atoms with van der Waals surface area (Å²) in [7, 11) is 2.21. The summed E-state index contributed by atoms with van der Waals surface area (Å²) in [6, 6.07) is 5.81. The van der Waals surface area contributed by atoms with Crippen LogP contribution in [0.2, 0.25) is 0 Å². The van der Waals surface area contributed by atoms with Crippen molar-refractivity contribution in [3.63, 3.8) is 0 Å². The second-order valence-corrected chi connectivity index (χ2v) is 2.56. The van der Waals surface area contributed by atoms with Gasteiger partial charge >= 0.3 is 0 Å². The molecule has 0 radical (unpaired) electrons. The van der Waals surface area contributed by atoms with E-state index in [1.165, 1.54) is 0 Å². The van der Waals surface area contributed by atoms with Crippen LogP contribution in [0.15, 0.2) is 31.4 Å². The van der Waals surface area contributed by atoms with Crippen LogP contribution < -0.4 is 4.52 Å². The Morgan fingerprint density at radius 2 is 2.00 bits per heavy atom. The highest BCUT2D eigenvalue weighted by molar-refractivity contribution is 7.10. The molecule has 0 heterocycles. The number of hydrogen-bond donors (Lipinski definition) is 0. The van der Waals surface area contributed by atoms with Crippen molar-refractivity contribution in [2.45, 2.75) is 0 Å². The van der Waals surface area contributed by atoms with Gasteiger partial charge in [-0.1, -0.05) is 31.4 Å². The van der Waals surface area contributed by atoms with Crippen molar-refractivity contribution < 1.29 is 4.52 Å². The molecule has 0 aliphatic carbocycles. The molecule has 1 rings (SSSR count). The molecule has 1 atom stereocenters.